The number of amides is 2. The van der Waals surface area contributed by atoms with Gasteiger partial charge in [0.15, 0.2) is 5.82 Å². The average molecular weight is 528 g/mol. The number of rotatable bonds is 6. The topological polar surface area (TPSA) is 119 Å². The molecular formula is C29H29N5O5. The Labute approximate surface area is 224 Å². The lowest BCUT2D eigenvalue weighted by atomic mass is 10.0. The molecule has 0 unspecified atom stereocenters. The standard InChI is InChI=1S/C29H29N5O5/c35-16-18-5-6-19-12-24(34(23(19)10-18)14-17-3-4-17)27-31-22-11-20(13-25-26(22)33(27)8-9-39-25)28(36)32-7-1-2-21(15-32)30-29(37)38/h5-6,10-13,16-17,21,30H,1-4,7-9,14-15H2,(H,37,38)/t21-/m1/s1. The van der Waals surface area contributed by atoms with Crippen molar-refractivity contribution < 1.29 is 24.2 Å². The van der Waals surface area contributed by atoms with Gasteiger partial charge in [-0.3, -0.25) is 9.59 Å². The fourth-order valence-electron chi connectivity index (χ4n) is 6.05. The molecule has 4 aromatic rings. The van der Waals surface area contributed by atoms with Gasteiger partial charge in [-0.2, -0.15) is 0 Å². The molecule has 0 spiro atoms. The van der Waals surface area contributed by atoms with E-state index in [9.17, 15) is 14.4 Å². The number of likely N-dealkylation sites (tertiary alicyclic amines) is 1. The van der Waals surface area contributed by atoms with E-state index in [-0.39, 0.29) is 11.9 Å². The fourth-order valence-corrected chi connectivity index (χ4v) is 6.05. The van der Waals surface area contributed by atoms with E-state index in [1.165, 1.54) is 12.8 Å². The summed E-state index contributed by atoms with van der Waals surface area (Å²) in [6, 6.07) is 11.2. The summed E-state index contributed by atoms with van der Waals surface area (Å²) in [5, 5.41) is 12.7. The van der Waals surface area contributed by atoms with Gasteiger partial charge < -0.3 is 29.2 Å². The molecule has 0 radical (unpaired) electrons. The predicted molar refractivity (Wildman–Crippen MR) is 144 cm³/mol. The summed E-state index contributed by atoms with van der Waals surface area (Å²) in [4.78, 5) is 42.9. The van der Waals surface area contributed by atoms with Crippen LogP contribution in [0.5, 0.6) is 5.75 Å². The summed E-state index contributed by atoms with van der Waals surface area (Å²) in [5.74, 6) is 1.93. The zero-order valence-corrected chi connectivity index (χ0v) is 21.4. The van der Waals surface area contributed by atoms with Gasteiger partial charge >= 0.3 is 6.09 Å². The van der Waals surface area contributed by atoms with Crippen LogP contribution in [0.3, 0.4) is 0 Å². The Morgan fingerprint density at radius 2 is 2.00 bits per heavy atom. The number of imidazole rings is 1. The van der Waals surface area contributed by atoms with Crippen LogP contribution in [0.4, 0.5) is 4.79 Å². The highest BCUT2D eigenvalue weighted by Gasteiger charge is 2.30. The first-order chi connectivity index (χ1) is 19.0. The van der Waals surface area contributed by atoms with Crippen LogP contribution in [0.25, 0.3) is 33.5 Å². The normalized spacial score (nSPS) is 18.8. The average Bonchev–Trinajstić information content (AvgIpc) is 3.59. The van der Waals surface area contributed by atoms with Gasteiger partial charge in [-0.25, -0.2) is 9.78 Å². The van der Waals surface area contributed by atoms with Crippen molar-refractivity contribution in [3.05, 3.63) is 47.5 Å². The molecule has 2 amide bonds. The molecule has 1 aliphatic carbocycles. The Hall–Kier alpha value is -4.34. The minimum atomic E-state index is -1.08. The second-order valence-electron chi connectivity index (χ2n) is 10.8. The lowest BCUT2D eigenvalue weighted by molar-refractivity contribution is 0.0692. The van der Waals surface area contributed by atoms with E-state index in [2.05, 4.69) is 20.5 Å². The van der Waals surface area contributed by atoms with Crippen molar-refractivity contribution in [2.24, 2.45) is 5.92 Å². The molecule has 10 heteroatoms. The zero-order valence-electron chi connectivity index (χ0n) is 21.4. The maximum atomic E-state index is 13.5. The highest BCUT2D eigenvalue weighted by atomic mass is 16.5. The van der Waals surface area contributed by atoms with E-state index in [0.29, 0.717) is 61.0 Å². The number of nitrogens with zero attached hydrogens (tertiary/aromatic N) is 4. The number of carbonyl (C=O) groups is 3. The number of aldehydes is 1. The largest absolute Gasteiger partial charge is 0.489 e. The molecule has 39 heavy (non-hydrogen) atoms. The Balaban J connectivity index is 1.31. The number of fused-ring (bicyclic) bond motifs is 1. The molecule has 3 aliphatic rings. The lowest BCUT2D eigenvalue weighted by Gasteiger charge is -2.32. The van der Waals surface area contributed by atoms with E-state index in [4.69, 9.17) is 14.8 Å². The third-order valence-electron chi connectivity index (χ3n) is 8.09. The maximum absolute atomic E-state index is 13.5. The van der Waals surface area contributed by atoms with Crippen LogP contribution >= 0.6 is 0 Å². The van der Waals surface area contributed by atoms with Crippen molar-refractivity contribution in [3.63, 3.8) is 0 Å². The van der Waals surface area contributed by atoms with Crippen molar-refractivity contribution in [1.29, 1.82) is 0 Å². The second-order valence-corrected chi connectivity index (χ2v) is 10.8. The summed E-state index contributed by atoms with van der Waals surface area (Å²) in [6.07, 6.45) is 3.65. The van der Waals surface area contributed by atoms with Gasteiger partial charge in [0.1, 0.15) is 24.2 Å². The van der Waals surface area contributed by atoms with Crippen molar-refractivity contribution in [2.75, 3.05) is 19.7 Å². The summed E-state index contributed by atoms with van der Waals surface area (Å²) >= 11 is 0. The molecule has 7 rings (SSSR count). The Kier molecular flexibility index (Phi) is 5.57. The third kappa shape index (κ3) is 4.20. The molecule has 10 nitrogen and oxygen atoms in total. The molecule has 2 aliphatic heterocycles. The van der Waals surface area contributed by atoms with Crippen molar-refractivity contribution in [3.8, 4) is 17.3 Å². The first kappa shape index (κ1) is 23.8. The third-order valence-corrected chi connectivity index (χ3v) is 8.09. The number of hydrogen-bond acceptors (Lipinski definition) is 5. The first-order valence-corrected chi connectivity index (χ1v) is 13.5. The molecule has 1 saturated heterocycles. The van der Waals surface area contributed by atoms with Gasteiger partial charge in [0.05, 0.1) is 17.8 Å². The number of aromatic nitrogens is 3. The SMILES string of the molecule is O=Cc1ccc2cc(-c3nc4cc(C(=O)N5CCC[C@@H](NC(=O)O)C5)cc5c4n3CCO5)n(CC3CC3)c2c1. The molecule has 0 bridgehead atoms. The summed E-state index contributed by atoms with van der Waals surface area (Å²) in [7, 11) is 0. The van der Waals surface area contributed by atoms with Crippen LogP contribution in [-0.4, -0.2) is 68.1 Å². The number of ether oxygens (including phenoxy) is 1. The number of carboxylic acid groups (broad SMARTS) is 1. The molecule has 4 heterocycles. The van der Waals surface area contributed by atoms with E-state index in [1.807, 2.05) is 24.3 Å². The molecule has 2 fully saturated rings. The quantitative estimate of drug-likeness (QED) is 0.364. The van der Waals surface area contributed by atoms with Gasteiger partial charge in [0.25, 0.3) is 5.91 Å². The van der Waals surface area contributed by atoms with Crippen LogP contribution < -0.4 is 10.1 Å². The zero-order chi connectivity index (χ0) is 26.7. The highest BCUT2D eigenvalue weighted by Crippen LogP contribution is 2.39. The fraction of sp³-hybridized carbons (Fsp3) is 0.379. The lowest BCUT2D eigenvalue weighted by Crippen LogP contribution is -2.49. The minimum absolute atomic E-state index is 0.153. The van der Waals surface area contributed by atoms with Gasteiger partial charge in [0.2, 0.25) is 0 Å². The number of carbonyl (C=O) groups excluding carboxylic acids is 2. The number of hydrogen-bond donors (Lipinski definition) is 2. The minimum Gasteiger partial charge on any atom is -0.489 e. The van der Waals surface area contributed by atoms with Crippen molar-refractivity contribution >= 4 is 40.2 Å². The number of benzene rings is 2. The summed E-state index contributed by atoms with van der Waals surface area (Å²) in [5.41, 5.74) is 4.72. The second kappa shape index (κ2) is 9.14. The maximum Gasteiger partial charge on any atom is 0.404 e. The van der Waals surface area contributed by atoms with Gasteiger partial charge in [0, 0.05) is 47.7 Å². The first-order valence-electron chi connectivity index (χ1n) is 13.5. The Bertz CT molecular complexity index is 1650. The van der Waals surface area contributed by atoms with Crippen LogP contribution in [0.15, 0.2) is 36.4 Å². The Morgan fingerprint density at radius 3 is 2.79 bits per heavy atom. The monoisotopic (exact) mass is 527 g/mol. The van der Waals surface area contributed by atoms with Crippen molar-refractivity contribution in [1.82, 2.24) is 24.3 Å². The molecule has 2 aromatic carbocycles. The number of nitrogens with one attached hydrogen (secondary N) is 1. The molecule has 2 N–H and O–H groups in total. The molecule has 2 aromatic heterocycles. The van der Waals surface area contributed by atoms with Crippen LogP contribution in [0.2, 0.25) is 0 Å². The van der Waals surface area contributed by atoms with Gasteiger partial charge in [-0.1, -0.05) is 12.1 Å². The van der Waals surface area contributed by atoms with E-state index < -0.39 is 6.09 Å². The summed E-state index contributed by atoms with van der Waals surface area (Å²) < 4.78 is 10.5. The van der Waals surface area contributed by atoms with E-state index in [0.717, 1.165) is 47.2 Å². The number of piperidine rings is 1. The van der Waals surface area contributed by atoms with Gasteiger partial charge in [-0.05, 0) is 55.9 Å². The van der Waals surface area contributed by atoms with Crippen LogP contribution in [0.1, 0.15) is 46.4 Å². The highest BCUT2D eigenvalue weighted by molar-refractivity contribution is 6.00. The smallest absolute Gasteiger partial charge is 0.404 e. The van der Waals surface area contributed by atoms with Gasteiger partial charge in [-0.15, -0.1) is 0 Å². The predicted octanol–water partition coefficient (Wildman–Crippen LogP) is 4.15. The van der Waals surface area contributed by atoms with Crippen LogP contribution in [-0.2, 0) is 13.1 Å². The molecular weight excluding hydrogens is 498 g/mol. The molecule has 200 valence electrons. The van der Waals surface area contributed by atoms with Crippen molar-refractivity contribution in [2.45, 2.75) is 44.8 Å². The summed E-state index contributed by atoms with van der Waals surface area (Å²) in [6.45, 7) is 2.90. The molecule has 1 atom stereocenters. The Morgan fingerprint density at radius 1 is 1.13 bits per heavy atom. The van der Waals surface area contributed by atoms with Crippen LogP contribution in [0, 0.1) is 5.92 Å². The van der Waals surface area contributed by atoms with E-state index >= 15 is 0 Å². The molecule has 1 saturated carbocycles. The van der Waals surface area contributed by atoms with E-state index in [1.54, 1.807) is 11.0 Å².